The molecule has 4 aromatic carbocycles. The lowest BCUT2D eigenvalue weighted by Crippen LogP contribution is -2.52. The van der Waals surface area contributed by atoms with Crippen molar-refractivity contribution >= 4 is 22.9 Å². The fourth-order valence-electron chi connectivity index (χ4n) is 7.27. The summed E-state index contributed by atoms with van der Waals surface area (Å²) in [4.78, 5) is 26.3. The third kappa shape index (κ3) is 5.47. The Morgan fingerprint density at radius 3 is 2.06 bits per heavy atom. The van der Waals surface area contributed by atoms with Crippen LogP contribution in [0, 0.1) is 0 Å². The number of imidazole rings is 1. The molecule has 2 fully saturated rings. The second-order valence-electron chi connectivity index (χ2n) is 12.8. The molecule has 0 saturated carbocycles. The predicted molar refractivity (Wildman–Crippen MR) is 191 cm³/mol. The zero-order valence-electron chi connectivity index (χ0n) is 28.7. The minimum Gasteiger partial charge on any atom is -0.497 e. The number of methoxy groups -OCH3 is 2. The van der Waals surface area contributed by atoms with Crippen molar-refractivity contribution in [2.45, 2.75) is 42.7 Å². The molecule has 12 heteroatoms. The van der Waals surface area contributed by atoms with Crippen molar-refractivity contribution in [1.29, 1.82) is 0 Å². The lowest BCUT2D eigenvalue weighted by molar-refractivity contribution is -0.230. The first-order chi connectivity index (χ1) is 25.4. The van der Waals surface area contributed by atoms with E-state index in [2.05, 4.69) is 20.3 Å². The predicted octanol–water partition coefficient (Wildman–Crippen LogP) is 5.52. The van der Waals surface area contributed by atoms with Gasteiger partial charge in [0.1, 0.15) is 41.2 Å². The smallest absolute Gasteiger partial charge is 0.256 e. The number of aliphatic hydroxyl groups is 1. The second-order valence-corrected chi connectivity index (χ2v) is 12.8. The molecule has 52 heavy (non-hydrogen) atoms. The Hall–Kier alpha value is -5.66. The number of benzene rings is 4. The minimum absolute atomic E-state index is 0.0463. The molecule has 1 amide bonds. The number of fused-ring (bicyclic) bond motifs is 3. The van der Waals surface area contributed by atoms with E-state index < -0.39 is 35.7 Å². The molecule has 0 spiro atoms. The van der Waals surface area contributed by atoms with E-state index in [1.165, 1.54) is 6.33 Å². The van der Waals surface area contributed by atoms with Crippen LogP contribution in [-0.4, -0.2) is 75.3 Å². The summed E-state index contributed by atoms with van der Waals surface area (Å²) in [5, 5.41) is 14.8. The van der Waals surface area contributed by atoms with Gasteiger partial charge < -0.3 is 34.1 Å². The van der Waals surface area contributed by atoms with Crippen LogP contribution < -0.4 is 14.8 Å². The Labute approximate surface area is 299 Å². The number of carbonyl (C=O) groups is 1. The highest BCUT2D eigenvalue weighted by Crippen LogP contribution is 2.51. The fraction of sp³-hybridized carbons (Fsp3) is 0.250. The standard InChI is InChI=1S/C40H37N5O7/c1-25-39(22-50-40(27-12-8-5-9-13-27,28-14-18-30(48-2)19-15-28)29-16-20-31(49-3)21-17-29)34(46)33(51-25)38(52-39)45-24-43-32-35(41-23-42-36(32)45)44-37(47)26-10-6-4-7-11-26/h4-21,23-25,33-34,38,46H,22H2,1-3H3,(H,41,42,44,47)/t25-,33+,34-,38+,39-/m0/s1. The van der Waals surface area contributed by atoms with Crippen molar-refractivity contribution in [2.75, 3.05) is 26.1 Å². The molecule has 12 nitrogen and oxygen atoms in total. The number of hydrogen-bond donors (Lipinski definition) is 2. The van der Waals surface area contributed by atoms with Crippen LogP contribution in [0.4, 0.5) is 5.82 Å². The molecule has 5 atom stereocenters. The molecule has 2 aliphatic rings. The number of aliphatic hydroxyl groups excluding tert-OH is 1. The first-order valence-electron chi connectivity index (χ1n) is 16.9. The van der Waals surface area contributed by atoms with Crippen LogP contribution in [0.5, 0.6) is 11.5 Å². The van der Waals surface area contributed by atoms with Crippen LogP contribution in [0.25, 0.3) is 11.2 Å². The maximum atomic E-state index is 13.0. The molecule has 2 N–H and O–H groups in total. The Bertz CT molecular complexity index is 2130. The molecule has 4 heterocycles. The minimum atomic E-state index is -1.28. The zero-order chi connectivity index (χ0) is 35.9. The average Bonchev–Trinajstić information content (AvgIpc) is 3.83. The molecule has 0 unspecified atom stereocenters. The van der Waals surface area contributed by atoms with Crippen molar-refractivity contribution in [3.63, 3.8) is 0 Å². The molecule has 2 aromatic heterocycles. The molecule has 2 aliphatic heterocycles. The first kappa shape index (κ1) is 33.5. The van der Waals surface area contributed by atoms with E-state index in [4.69, 9.17) is 23.7 Å². The van der Waals surface area contributed by atoms with Gasteiger partial charge in [-0.2, -0.15) is 0 Å². The van der Waals surface area contributed by atoms with Gasteiger partial charge in [-0.25, -0.2) is 15.0 Å². The zero-order valence-corrected chi connectivity index (χ0v) is 28.7. The highest BCUT2D eigenvalue weighted by atomic mass is 16.7. The number of aromatic nitrogens is 4. The molecule has 0 aliphatic carbocycles. The van der Waals surface area contributed by atoms with Crippen LogP contribution in [0.1, 0.15) is 40.2 Å². The number of anilines is 1. The monoisotopic (exact) mass is 699 g/mol. The summed E-state index contributed by atoms with van der Waals surface area (Å²) in [6, 6.07) is 34.3. The summed E-state index contributed by atoms with van der Waals surface area (Å²) in [6.07, 6.45) is -0.258. The number of ether oxygens (including phenoxy) is 5. The number of amides is 1. The van der Waals surface area contributed by atoms with Crippen molar-refractivity contribution in [3.05, 3.63) is 144 Å². The van der Waals surface area contributed by atoms with Crippen LogP contribution >= 0.6 is 0 Å². The molecular formula is C40H37N5O7. The van der Waals surface area contributed by atoms with E-state index in [9.17, 15) is 9.90 Å². The van der Waals surface area contributed by atoms with Gasteiger partial charge in [-0.05, 0) is 60.0 Å². The van der Waals surface area contributed by atoms with E-state index >= 15 is 0 Å². The maximum Gasteiger partial charge on any atom is 0.256 e. The summed E-state index contributed by atoms with van der Waals surface area (Å²) in [5.41, 5.74) is 1.39. The van der Waals surface area contributed by atoms with E-state index in [-0.39, 0.29) is 18.3 Å². The van der Waals surface area contributed by atoms with E-state index in [0.29, 0.717) is 28.2 Å². The summed E-state index contributed by atoms with van der Waals surface area (Å²) in [7, 11) is 3.26. The van der Waals surface area contributed by atoms with Gasteiger partial charge in [-0.15, -0.1) is 0 Å². The lowest BCUT2D eigenvalue weighted by Gasteiger charge is -2.41. The Morgan fingerprint density at radius 1 is 0.846 bits per heavy atom. The highest BCUT2D eigenvalue weighted by Gasteiger charge is 2.66. The van der Waals surface area contributed by atoms with E-state index in [1.807, 2.05) is 91.9 Å². The summed E-state index contributed by atoms with van der Waals surface area (Å²) < 4.78 is 33.1. The molecule has 8 rings (SSSR count). The van der Waals surface area contributed by atoms with Crippen molar-refractivity contribution in [1.82, 2.24) is 19.5 Å². The average molecular weight is 700 g/mol. The van der Waals surface area contributed by atoms with Gasteiger partial charge in [-0.1, -0.05) is 72.8 Å². The fourth-order valence-corrected chi connectivity index (χ4v) is 7.27. The highest BCUT2D eigenvalue weighted by molar-refractivity contribution is 6.06. The normalized spacial score (nSPS) is 22.4. The molecule has 0 radical (unpaired) electrons. The first-order valence-corrected chi connectivity index (χ1v) is 16.9. The van der Waals surface area contributed by atoms with Gasteiger partial charge in [0.2, 0.25) is 0 Å². The number of rotatable bonds is 11. The maximum absolute atomic E-state index is 13.0. The Kier molecular flexibility index (Phi) is 8.68. The summed E-state index contributed by atoms with van der Waals surface area (Å²) in [5.74, 6) is 1.33. The van der Waals surface area contributed by atoms with Crippen LogP contribution in [0.2, 0.25) is 0 Å². The third-order valence-electron chi connectivity index (χ3n) is 10.1. The van der Waals surface area contributed by atoms with Gasteiger partial charge in [-0.3, -0.25) is 9.36 Å². The largest absolute Gasteiger partial charge is 0.497 e. The second kappa shape index (κ2) is 13.5. The number of carbonyl (C=O) groups excluding carboxylic acids is 1. The molecule has 2 bridgehead atoms. The Morgan fingerprint density at radius 2 is 1.44 bits per heavy atom. The van der Waals surface area contributed by atoms with Crippen LogP contribution in [0.3, 0.4) is 0 Å². The van der Waals surface area contributed by atoms with E-state index in [0.717, 1.165) is 16.7 Å². The molecule has 264 valence electrons. The SMILES string of the molecule is COc1ccc(C(OC[C@]23O[C@@H](n4cnc5c(NC(=O)c6ccccc6)ncnc54)[C@H](O[C@H]2C)[C@@H]3O)(c2ccccc2)c2ccc(OC)cc2)cc1. The lowest BCUT2D eigenvalue weighted by atomic mass is 9.79. The van der Waals surface area contributed by atoms with Crippen molar-refractivity contribution in [2.24, 2.45) is 0 Å². The quantitative estimate of drug-likeness (QED) is 0.166. The Balaban J connectivity index is 1.16. The number of nitrogens with one attached hydrogen (secondary N) is 1. The molecule has 2 saturated heterocycles. The topological polar surface area (TPSA) is 139 Å². The van der Waals surface area contributed by atoms with Gasteiger partial charge in [0.05, 0.1) is 33.3 Å². The number of nitrogens with zero attached hydrogens (tertiary/aromatic N) is 4. The van der Waals surface area contributed by atoms with Gasteiger partial charge in [0, 0.05) is 5.56 Å². The van der Waals surface area contributed by atoms with Gasteiger partial charge in [0.15, 0.2) is 23.2 Å². The third-order valence-corrected chi connectivity index (χ3v) is 10.1. The van der Waals surface area contributed by atoms with Crippen LogP contribution in [-0.2, 0) is 19.8 Å². The molecule has 6 aromatic rings. The van der Waals surface area contributed by atoms with Crippen molar-refractivity contribution < 1.29 is 33.6 Å². The van der Waals surface area contributed by atoms with Gasteiger partial charge in [0.25, 0.3) is 5.91 Å². The molecular weight excluding hydrogens is 662 g/mol. The van der Waals surface area contributed by atoms with Gasteiger partial charge >= 0.3 is 0 Å². The summed E-state index contributed by atoms with van der Waals surface area (Å²) >= 11 is 0. The van der Waals surface area contributed by atoms with E-state index in [1.54, 1.807) is 49.4 Å². The van der Waals surface area contributed by atoms with Crippen molar-refractivity contribution in [3.8, 4) is 11.5 Å². The summed E-state index contributed by atoms with van der Waals surface area (Å²) in [6.45, 7) is 1.83. The number of hydrogen-bond acceptors (Lipinski definition) is 10. The van der Waals surface area contributed by atoms with Crippen LogP contribution in [0.15, 0.2) is 122 Å².